The molecule has 0 bridgehead atoms. The van der Waals surface area contributed by atoms with E-state index in [2.05, 4.69) is 73.7 Å². The molecule has 0 saturated heterocycles. The van der Waals surface area contributed by atoms with Crippen LogP contribution in [-0.4, -0.2) is 0 Å². The third kappa shape index (κ3) is 3.89. The second kappa shape index (κ2) is 6.80. The lowest BCUT2D eigenvalue weighted by Gasteiger charge is -2.05. The third-order valence-electron chi connectivity index (χ3n) is 3.20. The monoisotopic (exact) mass is 236 g/mol. The van der Waals surface area contributed by atoms with Crippen LogP contribution in [0, 0.1) is 0 Å². The number of benzene rings is 2. The van der Waals surface area contributed by atoms with Crippen LogP contribution in [0.4, 0.5) is 0 Å². The molecule has 2 aromatic rings. The van der Waals surface area contributed by atoms with Crippen LogP contribution in [0.1, 0.15) is 30.9 Å². The van der Waals surface area contributed by atoms with Gasteiger partial charge in [0.2, 0.25) is 0 Å². The molecule has 2 rings (SSSR count). The zero-order valence-electron chi connectivity index (χ0n) is 11.0. The van der Waals surface area contributed by atoms with E-state index in [9.17, 15) is 0 Å². The van der Waals surface area contributed by atoms with Crippen molar-refractivity contribution in [2.75, 3.05) is 0 Å². The van der Waals surface area contributed by atoms with Crippen molar-refractivity contribution < 1.29 is 0 Å². The first kappa shape index (κ1) is 12.6. The zero-order chi connectivity index (χ0) is 12.6. The summed E-state index contributed by atoms with van der Waals surface area (Å²) < 4.78 is 0. The maximum absolute atomic E-state index is 2.32. The molecule has 0 unspecified atom stereocenters. The highest BCUT2D eigenvalue weighted by atomic mass is 14.0. The highest BCUT2D eigenvalue weighted by Gasteiger charge is 1.97. The van der Waals surface area contributed by atoms with Crippen LogP contribution in [0.2, 0.25) is 0 Å². The van der Waals surface area contributed by atoms with Crippen LogP contribution in [0.3, 0.4) is 0 Å². The minimum absolute atomic E-state index is 1.13. The fourth-order valence-electron chi connectivity index (χ4n) is 2.09. The summed E-state index contributed by atoms with van der Waals surface area (Å²) >= 11 is 0. The van der Waals surface area contributed by atoms with Crippen LogP contribution >= 0.6 is 0 Å². The van der Waals surface area contributed by atoms with Crippen LogP contribution in [-0.2, 0) is 6.42 Å². The van der Waals surface area contributed by atoms with Crippen molar-refractivity contribution >= 4 is 6.08 Å². The first-order chi connectivity index (χ1) is 8.88. The van der Waals surface area contributed by atoms with Gasteiger partial charge >= 0.3 is 0 Å². The molecule has 0 saturated carbocycles. The Morgan fingerprint density at radius 1 is 0.889 bits per heavy atom. The summed E-state index contributed by atoms with van der Waals surface area (Å²) in [4.78, 5) is 0. The summed E-state index contributed by atoms with van der Waals surface area (Å²) in [5.74, 6) is 0. The molecule has 18 heavy (non-hydrogen) atoms. The Labute approximate surface area is 110 Å². The number of aryl methyl sites for hydroxylation is 1. The van der Waals surface area contributed by atoms with Gasteiger partial charge in [0.1, 0.15) is 0 Å². The summed E-state index contributed by atoms with van der Waals surface area (Å²) in [5.41, 5.74) is 4.25. The lowest BCUT2D eigenvalue weighted by atomic mass is 10.0. The van der Waals surface area contributed by atoms with Crippen molar-refractivity contribution in [2.45, 2.75) is 26.2 Å². The smallest absolute Gasteiger partial charge is 0.0241 e. The largest absolute Gasteiger partial charge is 0.0696 e. The van der Waals surface area contributed by atoms with E-state index < -0.39 is 0 Å². The van der Waals surface area contributed by atoms with Gasteiger partial charge < -0.3 is 0 Å². The Morgan fingerprint density at radius 2 is 1.50 bits per heavy atom. The Balaban J connectivity index is 2.00. The maximum atomic E-state index is 2.32. The van der Waals surface area contributed by atoms with E-state index in [1.807, 2.05) is 0 Å². The average Bonchev–Trinajstić information content (AvgIpc) is 2.45. The summed E-state index contributed by atoms with van der Waals surface area (Å²) in [6.45, 7) is 2.24. The van der Waals surface area contributed by atoms with Gasteiger partial charge in [0, 0.05) is 0 Å². The van der Waals surface area contributed by atoms with Gasteiger partial charge in [-0.2, -0.15) is 0 Å². The molecule has 0 N–H and O–H groups in total. The van der Waals surface area contributed by atoms with Crippen LogP contribution in [0.5, 0.6) is 0 Å². The van der Waals surface area contributed by atoms with E-state index in [0.717, 1.165) is 19.3 Å². The highest BCUT2D eigenvalue weighted by molar-refractivity contribution is 5.52. The van der Waals surface area contributed by atoms with Crippen molar-refractivity contribution in [3.05, 3.63) is 77.4 Å². The summed E-state index contributed by atoms with van der Waals surface area (Å²) in [6.07, 6.45) is 5.73. The molecule has 0 aliphatic carbocycles. The van der Waals surface area contributed by atoms with Gasteiger partial charge in [0.15, 0.2) is 0 Å². The molecule has 2 aromatic carbocycles. The van der Waals surface area contributed by atoms with E-state index in [4.69, 9.17) is 0 Å². The Hall–Kier alpha value is -1.82. The molecule has 0 amide bonds. The first-order valence-corrected chi connectivity index (χ1v) is 6.67. The SMILES string of the molecule is CC/C(=C\c1ccccc1)CCc1ccccc1. The van der Waals surface area contributed by atoms with Crippen molar-refractivity contribution in [2.24, 2.45) is 0 Å². The van der Waals surface area contributed by atoms with Crippen molar-refractivity contribution in [1.82, 2.24) is 0 Å². The highest BCUT2D eigenvalue weighted by Crippen LogP contribution is 2.16. The molecule has 0 aromatic heterocycles. The topological polar surface area (TPSA) is 0 Å². The van der Waals surface area contributed by atoms with Crippen LogP contribution in [0.25, 0.3) is 6.08 Å². The number of rotatable bonds is 5. The molecule has 92 valence electrons. The Kier molecular flexibility index (Phi) is 4.78. The average molecular weight is 236 g/mol. The van der Waals surface area contributed by atoms with E-state index in [0.29, 0.717) is 0 Å². The quantitative estimate of drug-likeness (QED) is 0.676. The molecule has 0 spiro atoms. The van der Waals surface area contributed by atoms with Crippen molar-refractivity contribution in [3.8, 4) is 0 Å². The molecule has 0 aliphatic rings. The normalized spacial score (nSPS) is 11.5. The third-order valence-corrected chi connectivity index (χ3v) is 3.20. The minimum atomic E-state index is 1.13. The Bertz CT molecular complexity index is 480. The van der Waals surface area contributed by atoms with Crippen LogP contribution in [0.15, 0.2) is 66.2 Å². The zero-order valence-corrected chi connectivity index (χ0v) is 11.0. The lowest BCUT2D eigenvalue weighted by molar-refractivity contribution is 0.893. The number of hydrogen-bond acceptors (Lipinski definition) is 0. The fraction of sp³-hybridized carbons (Fsp3) is 0.222. The van der Waals surface area contributed by atoms with Gasteiger partial charge in [-0.15, -0.1) is 0 Å². The molecule has 0 heterocycles. The molecule has 0 heteroatoms. The van der Waals surface area contributed by atoms with Crippen LogP contribution < -0.4 is 0 Å². The van der Waals surface area contributed by atoms with E-state index >= 15 is 0 Å². The molecule has 0 aliphatic heterocycles. The molecular weight excluding hydrogens is 216 g/mol. The predicted octanol–water partition coefficient (Wildman–Crippen LogP) is 5.11. The fourth-order valence-corrected chi connectivity index (χ4v) is 2.09. The van der Waals surface area contributed by atoms with Gasteiger partial charge in [0.25, 0.3) is 0 Å². The predicted molar refractivity (Wildman–Crippen MR) is 79.5 cm³/mol. The lowest BCUT2D eigenvalue weighted by Crippen LogP contribution is -1.88. The molecule has 0 nitrogen and oxygen atoms in total. The van der Waals surface area contributed by atoms with Crippen molar-refractivity contribution in [3.63, 3.8) is 0 Å². The van der Waals surface area contributed by atoms with Gasteiger partial charge in [-0.25, -0.2) is 0 Å². The Morgan fingerprint density at radius 3 is 2.11 bits per heavy atom. The first-order valence-electron chi connectivity index (χ1n) is 6.67. The summed E-state index contributed by atoms with van der Waals surface area (Å²) in [7, 11) is 0. The second-order valence-corrected chi connectivity index (χ2v) is 4.55. The van der Waals surface area contributed by atoms with Gasteiger partial charge in [-0.05, 0) is 30.4 Å². The number of allylic oxidation sites excluding steroid dienone is 1. The van der Waals surface area contributed by atoms with Gasteiger partial charge in [0.05, 0.1) is 0 Å². The molecule has 0 fully saturated rings. The molecular formula is C18H20. The summed E-state index contributed by atoms with van der Waals surface area (Å²) in [5, 5.41) is 0. The summed E-state index contributed by atoms with van der Waals surface area (Å²) in [6, 6.07) is 21.3. The molecule has 0 atom stereocenters. The van der Waals surface area contributed by atoms with Gasteiger partial charge in [-0.1, -0.05) is 79.2 Å². The van der Waals surface area contributed by atoms with E-state index in [-0.39, 0.29) is 0 Å². The van der Waals surface area contributed by atoms with Gasteiger partial charge in [-0.3, -0.25) is 0 Å². The van der Waals surface area contributed by atoms with E-state index in [1.165, 1.54) is 16.7 Å². The number of hydrogen-bond donors (Lipinski definition) is 0. The minimum Gasteiger partial charge on any atom is -0.0696 e. The molecule has 0 radical (unpaired) electrons. The van der Waals surface area contributed by atoms with E-state index in [1.54, 1.807) is 0 Å². The standard InChI is InChI=1S/C18H20/c1-2-16(15-18-11-7-4-8-12-18)13-14-17-9-5-3-6-10-17/h3-12,15H,2,13-14H2,1H3/b16-15+. The maximum Gasteiger partial charge on any atom is -0.0241 e. The second-order valence-electron chi connectivity index (χ2n) is 4.55. The van der Waals surface area contributed by atoms with Crippen molar-refractivity contribution in [1.29, 1.82) is 0 Å².